The van der Waals surface area contributed by atoms with E-state index >= 15 is 0 Å². The van der Waals surface area contributed by atoms with Crippen molar-refractivity contribution in [3.8, 4) is 0 Å². The van der Waals surface area contributed by atoms with Crippen molar-refractivity contribution in [1.29, 1.82) is 0 Å². The second-order valence-electron chi connectivity index (χ2n) is 10.7. The molecule has 2 amide bonds. The number of nitrogens with two attached hydrogens (primary N) is 3. The molecule has 0 saturated heterocycles. The number of carbonyl (C=O) groups is 2. The number of para-hydroxylation sites is 1. The van der Waals surface area contributed by atoms with Gasteiger partial charge in [-0.05, 0) is 42.7 Å². The highest BCUT2D eigenvalue weighted by atomic mass is 32.1. The van der Waals surface area contributed by atoms with Crippen LogP contribution in [0.1, 0.15) is 24.0 Å². The maximum absolute atomic E-state index is 13.4. The van der Waals surface area contributed by atoms with Gasteiger partial charge in [-0.2, -0.15) is 25.8 Å². The molecule has 43 heavy (non-hydrogen) atoms. The maximum Gasteiger partial charge on any atom is 0.416 e. The molecule has 2 aromatic carbocycles. The molecule has 1 unspecified atom stereocenters. The third-order valence-electron chi connectivity index (χ3n) is 7.48. The molecular weight excluding hydrogens is 579 g/mol. The summed E-state index contributed by atoms with van der Waals surface area (Å²) in [5.41, 5.74) is 18.7. The molecule has 3 aromatic rings. The van der Waals surface area contributed by atoms with Gasteiger partial charge in [0.15, 0.2) is 0 Å². The standard InChI is InChI=1S/C30H40F3N7O2S/c31-30(32,33)23-9-7-21(8-10-23)18-27(29(42)38-24-19-22-4-1-2-6-26(22)37-20-24)39-28(41)25(36)5-3-13-40(14-11-34,15-12-35)16-17-43/h1-2,4,6-10,19-20,25,27H,3,5,11-18,34-36H2,(H2-,38,39,41,42,43)/p+1/t25?,27-/m1/s1. The van der Waals surface area contributed by atoms with Crippen LogP contribution in [0.5, 0.6) is 0 Å². The highest BCUT2D eigenvalue weighted by molar-refractivity contribution is 7.80. The van der Waals surface area contributed by atoms with Crippen LogP contribution in [0.25, 0.3) is 10.9 Å². The van der Waals surface area contributed by atoms with Gasteiger partial charge in [-0.25, -0.2) is 0 Å². The molecule has 0 aliphatic heterocycles. The van der Waals surface area contributed by atoms with Crippen LogP contribution in [-0.4, -0.2) is 78.4 Å². The van der Waals surface area contributed by atoms with Gasteiger partial charge in [-0.3, -0.25) is 14.6 Å². The quantitative estimate of drug-likeness (QED) is 0.107. The van der Waals surface area contributed by atoms with Crippen molar-refractivity contribution in [3.05, 3.63) is 71.9 Å². The number of fused-ring (bicyclic) bond motifs is 1. The number of rotatable bonds is 16. The largest absolute Gasteiger partial charge is 0.416 e. The number of carbonyl (C=O) groups excluding carboxylic acids is 2. The summed E-state index contributed by atoms with van der Waals surface area (Å²) in [5, 5.41) is 6.29. The molecule has 1 heterocycles. The van der Waals surface area contributed by atoms with E-state index in [2.05, 4.69) is 28.2 Å². The van der Waals surface area contributed by atoms with Gasteiger partial charge < -0.3 is 32.3 Å². The zero-order chi connectivity index (χ0) is 31.5. The molecule has 0 bridgehead atoms. The Morgan fingerprint density at radius 2 is 1.63 bits per heavy atom. The first-order valence-corrected chi connectivity index (χ1v) is 14.9. The number of anilines is 1. The Kier molecular flexibility index (Phi) is 12.8. The van der Waals surface area contributed by atoms with E-state index in [0.717, 1.165) is 49.2 Å². The van der Waals surface area contributed by atoms with Crippen LogP contribution < -0.4 is 27.8 Å². The number of quaternary nitrogens is 1. The van der Waals surface area contributed by atoms with Crippen LogP contribution in [0, 0.1) is 0 Å². The zero-order valence-electron chi connectivity index (χ0n) is 24.0. The van der Waals surface area contributed by atoms with E-state index in [-0.39, 0.29) is 6.42 Å². The Hall–Kier alpha value is -3.23. The number of halogens is 3. The second-order valence-corrected chi connectivity index (χ2v) is 11.1. The molecule has 8 N–H and O–H groups in total. The first-order valence-electron chi connectivity index (χ1n) is 14.2. The van der Waals surface area contributed by atoms with Gasteiger partial charge in [0.05, 0.1) is 55.2 Å². The Labute approximate surface area is 255 Å². The molecule has 3 rings (SSSR count). The summed E-state index contributed by atoms with van der Waals surface area (Å²) in [4.78, 5) is 30.9. The van der Waals surface area contributed by atoms with E-state index in [9.17, 15) is 22.8 Å². The Balaban J connectivity index is 1.73. The van der Waals surface area contributed by atoms with Crippen LogP contribution in [0.2, 0.25) is 0 Å². The van der Waals surface area contributed by atoms with Crippen LogP contribution in [0.4, 0.5) is 18.9 Å². The second kappa shape index (κ2) is 16.0. The Bertz CT molecular complexity index is 1320. The highest BCUT2D eigenvalue weighted by Gasteiger charge is 2.31. The number of pyridine rings is 1. The van der Waals surface area contributed by atoms with E-state index in [1.807, 2.05) is 24.3 Å². The van der Waals surface area contributed by atoms with Gasteiger partial charge in [-0.15, -0.1) is 0 Å². The average Bonchev–Trinajstić information content (AvgIpc) is 2.97. The molecule has 13 heteroatoms. The molecule has 9 nitrogen and oxygen atoms in total. The lowest BCUT2D eigenvalue weighted by molar-refractivity contribution is -0.923. The van der Waals surface area contributed by atoms with E-state index in [1.165, 1.54) is 18.3 Å². The molecule has 2 atom stereocenters. The van der Waals surface area contributed by atoms with Crippen molar-refractivity contribution in [3.63, 3.8) is 0 Å². The molecule has 0 radical (unpaired) electrons. The monoisotopic (exact) mass is 620 g/mol. The number of hydrogen-bond acceptors (Lipinski definition) is 7. The summed E-state index contributed by atoms with van der Waals surface area (Å²) in [6.45, 7) is 3.97. The van der Waals surface area contributed by atoms with Crippen molar-refractivity contribution in [1.82, 2.24) is 10.3 Å². The van der Waals surface area contributed by atoms with Crippen molar-refractivity contribution in [2.75, 3.05) is 50.3 Å². The van der Waals surface area contributed by atoms with E-state index in [4.69, 9.17) is 17.2 Å². The van der Waals surface area contributed by atoms with E-state index < -0.39 is 35.6 Å². The third kappa shape index (κ3) is 10.2. The van der Waals surface area contributed by atoms with Gasteiger partial charge in [0.1, 0.15) is 6.04 Å². The summed E-state index contributed by atoms with van der Waals surface area (Å²) in [6.07, 6.45) is -2.05. The summed E-state index contributed by atoms with van der Waals surface area (Å²) in [6, 6.07) is 11.6. The fourth-order valence-corrected chi connectivity index (χ4v) is 5.55. The lowest BCUT2D eigenvalue weighted by atomic mass is 10.0. The number of hydrogen-bond donors (Lipinski definition) is 6. The highest BCUT2D eigenvalue weighted by Crippen LogP contribution is 2.29. The van der Waals surface area contributed by atoms with Crippen LogP contribution in [0.15, 0.2) is 60.8 Å². The Morgan fingerprint density at radius 1 is 0.953 bits per heavy atom. The Morgan fingerprint density at radius 3 is 2.26 bits per heavy atom. The van der Waals surface area contributed by atoms with Gasteiger partial charge in [0.2, 0.25) is 11.8 Å². The van der Waals surface area contributed by atoms with Gasteiger partial charge in [0.25, 0.3) is 0 Å². The summed E-state index contributed by atoms with van der Waals surface area (Å²) < 4.78 is 39.9. The lowest BCUT2D eigenvalue weighted by Crippen LogP contribution is -2.55. The predicted octanol–water partition coefficient (Wildman–Crippen LogP) is 2.69. The fraction of sp³-hybridized carbons (Fsp3) is 0.433. The van der Waals surface area contributed by atoms with Gasteiger partial charge in [-0.1, -0.05) is 30.3 Å². The third-order valence-corrected chi connectivity index (χ3v) is 7.68. The molecule has 0 spiro atoms. The molecule has 0 aliphatic carbocycles. The van der Waals surface area contributed by atoms with Crippen molar-refractivity contribution in [2.24, 2.45) is 17.2 Å². The molecule has 0 aliphatic rings. The summed E-state index contributed by atoms with van der Waals surface area (Å²) in [5.74, 6) is -0.415. The van der Waals surface area contributed by atoms with E-state index in [0.29, 0.717) is 47.4 Å². The number of nitrogens with one attached hydrogen (secondary N) is 2. The van der Waals surface area contributed by atoms with Gasteiger partial charge >= 0.3 is 6.18 Å². The molecule has 1 aromatic heterocycles. The van der Waals surface area contributed by atoms with Crippen molar-refractivity contribution in [2.45, 2.75) is 37.5 Å². The number of nitrogens with zero attached hydrogens (tertiary/aromatic N) is 2. The topological polar surface area (TPSA) is 149 Å². The predicted molar refractivity (Wildman–Crippen MR) is 166 cm³/mol. The zero-order valence-corrected chi connectivity index (χ0v) is 24.9. The van der Waals surface area contributed by atoms with Crippen LogP contribution in [0.3, 0.4) is 0 Å². The first kappa shape index (κ1) is 34.3. The lowest BCUT2D eigenvalue weighted by Gasteiger charge is -2.38. The van der Waals surface area contributed by atoms with E-state index in [1.54, 1.807) is 6.07 Å². The smallest absolute Gasteiger partial charge is 0.343 e. The molecule has 0 saturated carbocycles. The minimum absolute atomic E-state index is 0.0433. The SMILES string of the molecule is NCC[N+](CCN)(CCS)CCCC(N)C(=O)N[C@H](Cc1ccc(C(F)(F)F)cc1)C(=O)Nc1cnc2ccccc2c1. The number of benzene rings is 2. The maximum atomic E-state index is 13.4. The number of alkyl halides is 3. The van der Waals surface area contributed by atoms with Crippen LogP contribution in [-0.2, 0) is 22.2 Å². The summed E-state index contributed by atoms with van der Waals surface area (Å²) in [7, 11) is 0. The van der Waals surface area contributed by atoms with Gasteiger partial charge in [0, 0.05) is 30.6 Å². The molecular formula is C30H41F3N7O2S+. The molecule has 234 valence electrons. The minimum Gasteiger partial charge on any atom is -0.343 e. The summed E-state index contributed by atoms with van der Waals surface area (Å²) >= 11 is 4.38. The normalized spacial score (nSPS) is 13.5. The van der Waals surface area contributed by atoms with Crippen molar-refractivity contribution < 1.29 is 27.2 Å². The molecule has 0 fully saturated rings. The fourth-order valence-electron chi connectivity index (χ4n) is 5.13. The van der Waals surface area contributed by atoms with Crippen LogP contribution >= 0.6 is 12.6 Å². The first-order chi connectivity index (χ1) is 20.5. The number of aromatic nitrogens is 1. The number of thiol groups is 1. The average molecular weight is 621 g/mol. The minimum atomic E-state index is -4.49. The number of amides is 2. The van der Waals surface area contributed by atoms with Crippen molar-refractivity contribution >= 4 is 41.0 Å².